The molecule has 14 aromatic carbocycles. The summed E-state index contributed by atoms with van der Waals surface area (Å²) < 4.78 is 2.54. The summed E-state index contributed by atoms with van der Waals surface area (Å²) in [5, 5.41) is 12.3. The van der Waals surface area contributed by atoms with Crippen molar-refractivity contribution in [3.05, 3.63) is 373 Å². The average molecular weight is 1180 g/mol. The minimum Gasteiger partial charge on any atom is -0.309 e. The first-order chi connectivity index (χ1) is 45.2. The summed E-state index contributed by atoms with van der Waals surface area (Å²) in [6, 6.07) is 114. The predicted octanol–water partition coefficient (Wildman–Crippen LogP) is 22.6. The monoisotopic (exact) mass is 1170 g/mol. The van der Waals surface area contributed by atoms with Gasteiger partial charge in [0.2, 0.25) is 0 Å². The van der Waals surface area contributed by atoms with Gasteiger partial charge in [-0.15, -0.1) is 11.3 Å². The zero-order valence-corrected chi connectivity index (χ0v) is 50.2. The Kier molecular flexibility index (Phi) is 11.3. The highest BCUT2D eigenvalue weighted by molar-refractivity contribution is 7.25. The van der Waals surface area contributed by atoms with Crippen molar-refractivity contribution in [1.82, 2.24) is 9.97 Å². The van der Waals surface area contributed by atoms with Gasteiger partial charge in [0, 0.05) is 55.7 Å². The molecule has 0 saturated heterocycles. The maximum absolute atomic E-state index is 4.65. The molecule has 0 radical (unpaired) electrons. The minimum atomic E-state index is -0.723. The molecule has 4 nitrogen and oxygen atoms in total. The molecule has 0 bridgehead atoms. The van der Waals surface area contributed by atoms with Crippen molar-refractivity contribution in [2.75, 3.05) is 9.80 Å². The number of thiophene rings is 1. The van der Waals surface area contributed by atoms with Gasteiger partial charge in [0.15, 0.2) is 0 Å². The van der Waals surface area contributed by atoms with Crippen LogP contribution in [0.25, 0.3) is 85.5 Å². The first-order valence-electron chi connectivity index (χ1n) is 31.3. The molecule has 2 aliphatic rings. The lowest BCUT2D eigenvalue weighted by Gasteiger charge is -2.47. The van der Waals surface area contributed by atoms with Gasteiger partial charge in [0.05, 0.1) is 45.0 Å². The normalized spacial score (nSPS) is 13.8. The van der Waals surface area contributed by atoms with E-state index in [9.17, 15) is 0 Å². The first-order valence-corrected chi connectivity index (χ1v) is 32.1. The number of fused-ring (bicyclic) bond motifs is 9. The molecule has 0 saturated carbocycles. The van der Waals surface area contributed by atoms with Crippen LogP contribution in [0.3, 0.4) is 0 Å². The fourth-order valence-electron chi connectivity index (χ4n) is 16.2. The molecule has 17 aromatic rings. The molecule has 3 aromatic heterocycles. The summed E-state index contributed by atoms with van der Waals surface area (Å²) in [5.74, 6) is 0. The third-order valence-electron chi connectivity index (χ3n) is 19.9. The Balaban J connectivity index is 0.868. The van der Waals surface area contributed by atoms with Gasteiger partial charge in [-0.1, -0.05) is 231 Å². The Morgan fingerprint density at radius 1 is 0.242 bits per heavy atom. The predicted molar refractivity (Wildman–Crippen MR) is 380 cm³/mol. The van der Waals surface area contributed by atoms with Crippen LogP contribution in [-0.4, -0.2) is 9.97 Å². The van der Waals surface area contributed by atoms with Gasteiger partial charge in [-0.3, -0.25) is 9.97 Å². The van der Waals surface area contributed by atoms with Gasteiger partial charge in [-0.2, -0.15) is 0 Å². The molecular formula is C86H54N4S. The highest BCUT2D eigenvalue weighted by Crippen LogP contribution is 2.63. The summed E-state index contributed by atoms with van der Waals surface area (Å²) in [4.78, 5) is 14.4. The molecule has 5 heterocycles. The van der Waals surface area contributed by atoms with Gasteiger partial charge in [-0.05, 0) is 172 Å². The maximum Gasteiger partial charge on any atom is 0.0742 e. The number of rotatable bonds is 8. The largest absolute Gasteiger partial charge is 0.309 e. The first kappa shape index (κ1) is 51.5. The highest BCUT2D eigenvalue weighted by atomic mass is 32.1. The zero-order chi connectivity index (χ0) is 59.8. The van der Waals surface area contributed by atoms with Gasteiger partial charge < -0.3 is 9.80 Å². The van der Waals surface area contributed by atoms with Crippen LogP contribution in [0.4, 0.5) is 34.1 Å². The Morgan fingerprint density at radius 2 is 0.648 bits per heavy atom. The molecule has 5 heteroatoms. The summed E-state index contributed by atoms with van der Waals surface area (Å²) in [5.41, 5.74) is 19.6. The quantitative estimate of drug-likeness (QED) is 0.112. The van der Waals surface area contributed by atoms with Crippen LogP contribution < -0.4 is 9.80 Å². The maximum atomic E-state index is 4.65. The van der Waals surface area contributed by atoms with E-state index >= 15 is 0 Å². The Labute approximate surface area is 530 Å². The number of hydrogen-bond acceptors (Lipinski definition) is 5. The van der Waals surface area contributed by atoms with Gasteiger partial charge in [0.25, 0.3) is 0 Å². The number of aromatic nitrogens is 2. The van der Waals surface area contributed by atoms with Gasteiger partial charge >= 0.3 is 0 Å². The topological polar surface area (TPSA) is 32.3 Å². The number of hydrogen-bond donors (Lipinski definition) is 0. The number of pyridine rings is 2. The lowest BCUT2D eigenvalue weighted by atomic mass is 9.62. The van der Waals surface area contributed by atoms with E-state index in [4.69, 9.17) is 0 Å². The van der Waals surface area contributed by atoms with Crippen LogP contribution >= 0.6 is 11.3 Å². The van der Waals surface area contributed by atoms with Crippen molar-refractivity contribution in [3.8, 4) is 22.3 Å². The van der Waals surface area contributed by atoms with Crippen molar-refractivity contribution in [1.29, 1.82) is 0 Å². The molecule has 0 N–H and O–H groups in total. The lowest BCUT2D eigenvalue weighted by Crippen LogP contribution is -2.37. The summed E-state index contributed by atoms with van der Waals surface area (Å²) in [6.45, 7) is 0. The third-order valence-corrected chi connectivity index (χ3v) is 21.0. The second-order valence-electron chi connectivity index (χ2n) is 24.3. The average Bonchev–Trinajstić information content (AvgIpc) is 1.23. The van der Waals surface area contributed by atoms with Crippen LogP contribution in [0.1, 0.15) is 44.5 Å². The lowest BCUT2D eigenvalue weighted by molar-refractivity contribution is 0.732. The van der Waals surface area contributed by atoms with E-state index in [-0.39, 0.29) is 0 Å². The van der Waals surface area contributed by atoms with E-state index in [0.717, 1.165) is 56.4 Å². The summed E-state index contributed by atoms with van der Waals surface area (Å²) in [7, 11) is 0. The third kappa shape index (κ3) is 7.32. The summed E-state index contributed by atoms with van der Waals surface area (Å²) >= 11 is 1.88. The molecule has 19 rings (SSSR count). The van der Waals surface area contributed by atoms with Crippen molar-refractivity contribution >= 4 is 109 Å². The molecule has 424 valence electrons. The zero-order valence-electron chi connectivity index (χ0n) is 49.4. The van der Waals surface area contributed by atoms with E-state index in [1.165, 1.54) is 108 Å². The molecule has 2 aliphatic heterocycles. The molecule has 0 fully saturated rings. The Morgan fingerprint density at radius 3 is 1.16 bits per heavy atom. The van der Waals surface area contributed by atoms with Crippen molar-refractivity contribution < 1.29 is 0 Å². The van der Waals surface area contributed by atoms with Crippen LogP contribution in [0.15, 0.2) is 328 Å². The van der Waals surface area contributed by atoms with E-state index in [1.54, 1.807) is 0 Å². The number of benzene rings is 14. The molecule has 0 atom stereocenters. The fourth-order valence-corrected chi connectivity index (χ4v) is 17.3. The molecular weight excluding hydrogens is 1120 g/mol. The van der Waals surface area contributed by atoms with Crippen LogP contribution in [-0.2, 0) is 10.8 Å². The van der Waals surface area contributed by atoms with Crippen molar-refractivity contribution in [3.63, 3.8) is 0 Å². The molecule has 0 amide bonds. The van der Waals surface area contributed by atoms with Gasteiger partial charge in [-0.25, -0.2) is 0 Å². The second kappa shape index (κ2) is 20.0. The van der Waals surface area contributed by atoms with Crippen LogP contribution in [0.2, 0.25) is 0 Å². The second-order valence-corrected chi connectivity index (χ2v) is 25.4. The minimum absolute atomic E-state index is 0.659. The molecule has 91 heavy (non-hydrogen) atoms. The van der Waals surface area contributed by atoms with E-state index < -0.39 is 10.8 Å². The fraction of sp³-hybridized carbons (Fsp3) is 0.0233. The molecule has 0 spiro atoms. The number of nitrogens with zero attached hydrogens (tertiary/aromatic N) is 4. The number of anilines is 6. The SMILES string of the molecule is c1ccc(C2(c3ccccc3)c3ccccc3N(c3ccc4c5cccc6c(N7c8ccc(-c9cccnc9)cc8C(c8ccccc8)(c8ccccc8)c8cc9c(cc87)sc7ccccc79)ccc(c7cccc3c47)c65)c3ccc(-c4cccnc4)cc32)cc1. The number of para-hydroxylation sites is 1. The molecule has 0 unspecified atom stereocenters. The van der Waals surface area contributed by atoms with Crippen molar-refractivity contribution in [2.24, 2.45) is 0 Å². The Bertz CT molecular complexity index is 5620. The standard InChI is InChI=1S/C86H54N4S/c1-5-23-59(24-6-1)85(60-25-7-2-8-26-60)71-36-14-15-37-77(71)89(78-43-39-55(49-72(78)85)57-21-19-47-87-53-57)75-45-41-66-65-33-18-35-69-76(46-42-67(84(65)69)64-32-17-34-68(75)83(64)66)90-79-44-40-56(58-22-20-48-88-54-58)50-73(79)86(61-27-9-3-10-28-61,62-29-11-4-12-30-62)74-51-70-63-31-13-16-38-81(63)91-82(70)52-80(74)90/h1-54H. The van der Waals surface area contributed by atoms with Crippen LogP contribution in [0, 0.1) is 0 Å². The van der Waals surface area contributed by atoms with E-state index in [2.05, 4.69) is 311 Å². The summed E-state index contributed by atoms with van der Waals surface area (Å²) in [6.07, 6.45) is 7.68. The van der Waals surface area contributed by atoms with Crippen molar-refractivity contribution in [2.45, 2.75) is 10.8 Å². The van der Waals surface area contributed by atoms with Gasteiger partial charge in [0.1, 0.15) is 0 Å². The van der Waals surface area contributed by atoms with E-state index in [0.29, 0.717) is 0 Å². The van der Waals surface area contributed by atoms with Crippen LogP contribution in [0.5, 0.6) is 0 Å². The molecule has 0 aliphatic carbocycles. The Hall–Kier alpha value is -11.5. The smallest absolute Gasteiger partial charge is 0.0742 e. The van der Waals surface area contributed by atoms with E-state index in [1.807, 2.05) is 48.3 Å². The highest BCUT2D eigenvalue weighted by Gasteiger charge is 2.49.